The van der Waals surface area contributed by atoms with E-state index in [2.05, 4.69) is 5.32 Å². The molecule has 1 fully saturated rings. The lowest BCUT2D eigenvalue weighted by atomic mass is 9.66. The smallest absolute Gasteiger partial charge is 0.224 e. The Balaban J connectivity index is 2.09. The van der Waals surface area contributed by atoms with Gasteiger partial charge in [-0.25, -0.2) is 0 Å². The van der Waals surface area contributed by atoms with E-state index in [4.69, 9.17) is 11.6 Å². The highest BCUT2D eigenvalue weighted by atomic mass is 35.5. The maximum Gasteiger partial charge on any atom is 0.224 e. The van der Waals surface area contributed by atoms with E-state index in [9.17, 15) is 9.59 Å². The number of halogens is 1. The van der Waals surface area contributed by atoms with Crippen LogP contribution in [-0.2, 0) is 10.2 Å². The summed E-state index contributed by atoms with van der Waals surface area (Å²) in [5.74, 6) is 0.0223. The number of rotatable bonds is 2. The molecular weight excluding hydrogens is 286 g/mol. The molecule has 0 saturated heterocycles. The summed E-state index contributed by atoms with van der Waals surface area (Å²) in [5, 5.41) is 2.99. The topological polar surface area (TPSA) is 46.2 Å². The van der Waals surface area contributed by atoms with Gasteiger partial charge in [-0.2, -0.15) is 0 Å². The predicted octanol–water partition coefficient (Wildman–Crippen LogP) is 4.04. The van der Waals surface area contributed by atoms with Crippen molar-refractivity contribution in [1.29, 1.82) is 0 Å². The number of nitrogens with one attached hydrogen (secondary N) is 1. The highest BCUT2D eigenvalue weighted by Gasteiger charge is 2.38. The molecule has 1 N–H and O–H groups in total. The summed E-state index contributed by atoms with van der Waals surface area (Å²) in [6.45, 7) is 0. The lowest BCUT2D eigenvalue weighted by Gasteiger charge is -2.37. The number of anilines is 1. The van der Waals surface area contributed by atoms with E-state index in [1.54, 1.807) is 6.07 Å². The van der Waals surface area contributed by atoms with E-state index in [0.29, 0.717) is 12.0 Å². The Morgan fingerprint density at radius 3 is 2.67 bits per heavy atom. The Morgan fingerprint density at radius 1 is 1.19 bits per heavy atom. The average Bonchev–Trinajstić information content (AvgIpc) is 2.65. The molecule has 0 bridgehead atoms. The molecule has 0 unspecified atom stereocenters. The van der Waals surface area contributed by atoms with Crippen LogP contribution in [0.4, 0.5) is 5.69 Å². The molecule has 1 aliphatic carbocycles. The zero-order valence-electron chi connectivity index (χ0n) is 12.1. The van der Waals surface area contributed by atoms with Crippen molar-refractivity contribution in [1.82, 2.24) is 0 Å². The van der Waals surface area contributed by atoms with Crippen LogP contribution in [0.3, 0.4) is 0 Å². The van der Waals surface area contributed by atoms with Crippen molar-refractivity contribution in [3.05, 3.63) is 29.3 Å². The van der Waals surface area contributed by atoms with Crippen LogP contribution in [0.1, 0.15) is 60.9 Å². The number of Topliss-reactive ketones (excluding diaryl/α,β-unsaturated/α-hetero) is 1. The second-order valence-electron chi connectivity index (χ2n) is 6.21. The van der Waals surface area contributed by atoms with Gasteiger partial charge in [-0.1, -0.05) is 19.3 Å². The number of benzene rings is 1. The molecule has 112 valence electrons. The van der Waals surface area contributed by atoms with Gasteiger partial charge in [0.05, 0.1) is 5.88 Å². The Labute approximate surface area is 130 Å². The molecule has 3 rings (SSSR count). The molecule has 2 aliphatic rings. The van der Waals surface area contributed by atoms with Crippen LogP contribution in [0.15, 0.2) is 18.2 Å². The second kappa shape index (κ2) is 5.80. The second-order valence-corrected chi connectivity index (χ2v) is 6.47. The molecule has 1 saturated carbocycles. The maximum absolute atomic E-state index is 11.9. The Bertz CT molecular complexity index is 576. The van der Waals surface area contributed by atoms with Crippen molar-refractivity contribution in [3.8, 4) is 0 Å². The van der Waals surface area contributed by atoms with Crippen molar-refractivity contribution in [2.75, 3.05) is 11.2 Å². The summed E-state index contributed by atoms with van der Waals surface area (Å²) in [4.78, 5) is 23.8. The maximum atomic E-state index is 11.9. The van der Waals surface area contributed by atoms with Gasteiger partial charge in [-0.05, 0) is 48.4 Å². The average molecular weight is 306 g/mol. The monoisotopic (exact) mass is 305 g/mol. The fourth-order valence-electron chi connectivity index (χ4n) is 3.79. The number of carbonyl (C=O) groups is 2. The van der Waals surface area contributed by atoms with Gasteiger partial charge in [0.2, 0.25) is 5.91 Å². The van der Waals surface area contributed by atoms with E-state index in [1.807, 2.05) is 12.1 Å². The summed E-state index contributed by atoms with van der Waals surface area (Å²) in [6.07, 6.45) is 7.31. The van der Waals surface area contributed by atoms with Crippen LogP contribution in [0.25, 0.3) is 0 Å². The summed E-state index contributed by atoms with van der Waals surface area (Å²) in [6, 6.07) is 5.61. The number of carbonyl (C=O) groups excluding carboxylic acids is 2. The molecule has 0 aromatic heterocycles. The Hall–Kier alpha value is -1.35. The molecular formula is C17H20ClNO2. The van der Waals surface area contributed by atoms with Gasteiger partial charge in [0, 0.05) is 17.7 Å². The molecule has 1 heterocycles. The lowest BCUT2D eigenvalue weighted by molar-refractivity contribution is -0.116. The minimum absolute atomic E-state index is 0.00184. The van der Waals surface area contributed by atoms with Crippen molar-refractivity contribution >= 4 is 29.0 Å². The van der Waals surface area contributed by atoms with Crippen molar-refractivity contribution in [3.63, 3.8) is 0 Å². The van der Waals surface area contributed by atoms with Gasteiger partial charge >= 0.3 is 0 Å². The minimum Gasteiger partial charge on any atom is -0.326 e. The van der Waals surface area contributed by atoms with Gasteiger partial charge in [-0.15, -0.1) is 11.6 Å². The number of ketones is 1. The van der Waals surface area contributed by atoms with Gasteiger partial charge in [0.1, 0.15) is 0 Å². The predicted molar refractivity (Wildman–Crippen MR) is 84.1 cm³/mol. The van der Waals surface area contributed by atoms with E-state index in [1.165, 1.54) is 19.3 Å². The summed E-state index contributed by atoms with van der Waals surface area (Å²) >= 11 is 5.68. The zero-order chi connectivity index (χ0) is 14.9. The first-order valence-corrected chi connectivity index (χ1v) is 8.22. The van der Waals surface area contributed by atoms with Crippen LogP contribution in [-0.4, -0.2) is 17.6 Å². The van der Waals surface area contributed by atoms with E-state index < -0.39 is 0 Å². The molecule has 4 heteroatoms. The fraction of sp³-hybridized carbons (Fsp3) is 0.529. The van der Waals surface area contributed by atoms with E-state index >= 15 is 0 Å². The molecule has 1 aromatic carbocycles. The summed E-state index contributed by atoms with van der Waals surface area (Å²) in [5.41, 5.74) is 2.73. The van der Waals surface area contributed by atoms with Crippen molar-refractivity contribution in [2.45, 2.75) is 50.4 Å². The van der Waals surface area contributed by atoms with Crippen LogP contribution < -0.4 is 5.32 Å². The normalized spacial score (nSPS) is 20.5. The largest absolute Gasteiger partial charge is 0.326 e. The first kappa shape index (κ1) is 14.6. The molecule has 1 amide bonds. The first-order chi connectivity index (χ1) is 10.1. The number of fused-ring (bicyclic) bond motifs is 2. The molecule has 1 aliphatic heterocycles. The third-order valence-electron chi connectivity index (χ3n) is 4.95. The van der Waals surface area contributed by atoms with Gasteiger partial charge < -0.3 is 5.32 Å². The Morgan fingerprint density at radius 2 is 1.95 bits per heavy atom. The first-order valence-electron chi connectivity index (χ1n) is 7.68. The summed E-state index contributed by atoms with van der Waals surface area (Å²) < 4.78 is 0. The third-order valence-corrected chi connectivity index (χ3v) is 5.19. The van der Waals surface area contributed by atoms with Crippen LogP contribution in [0, 0.1) is 0 Å². The molecule has 0 radical (unpaired) electrons. The van der Waals surface area contributed by atoms with E-state index in [0.717, 1.165) is 30.5 Å². The third kappa shape index (κ3) is 2.71. The van der Waals surface area contributed by atoms with E-state index in [-0.39, 0.29) is 23.0 Å². The fourth-order valence-corrected chi connectivity index (χ4v) is 3.94. The van der Waals surface area contributed by atoms with Gasteiger partial charge in [0.25, 0.3) is 0 Å². The molecule has 1 aromatic rings. The van der Waals surface area contributed by atoms with Gasteiger partial charge in [0.15, 0.2) is 5.78 Å². The summed E-state index contributed by atoms with van der Waals surface area (Å²) in [7, 11) is 0. The number of alkyl halides is 1. The minimum atomic E-state index is -0.0546. The Kier molecular flexibility index (Phi) is 4.03. The lowest BCUT2D eigenvalue weighted by Crippen LogP contribution is -2.29. The van der Waals surface area contributed by atoms with Gasteiger partial charge in [-0.3, -0.25) is 9.59 Å². The highest BCUT2D eigenvalue weighted by molar-refractivity contribution is 6.30. The SMILES string of the molecule is O=C1CCC2(CCCCC2)c2cc(C(=O)CCl)ccc2N1. The highest BCUT2D eigenvalue weighted by Crippen LogP contribution is 2.47. The standard InChI is InChI=1S/C17H20ClNO2/c18-11-15(20)12-4-5-14-13(10-12)17(7-2-1-3-8-17)9-6-16(21)19-14/h4-5,10H,1-3,6-9,11H2,(H,19,21). The molecule has 3 nitrogen and oxygen atoms in total. The van der Waals surface area contributed by atoms with Crippen LogP contribution in [0.2, 0.25) is 0 Å². The quantitative estimate of drug-likeness (QED) is 0.662. The van der Waals surface area contributed by atoms with Crippen molar-refractivity contribution < 1.29 is 9.59 Å². The molecule has 21 heavy (non-hydrogen) atoms. The zero-order valence-corrected chi connectivity index (χ0v) is 12.8. The number of hydrogen-bond acceptors (Lipinski definition) is 2. The number of amides is 1. The van der Waals surface area contributed by atoms with Crippen LogP contribution >= 0.6 is 11.6 Å². The van der Waals surface area contributed by atoms with Crippen molar-refractivity contribution in [2.24, 2.45) is 0 Å². The molecule has 0 atom stereocenters. The molecule has 1 spiro atoms. The van der Waals surface area contributed by atoms with Crippen LogP contribution in [0.5, 0.6) is 0 Å². The number of hydrogen-bond donors (Lipinski definition) is 1.